The molecule has 2 aliphatic rings. The van der Waals surface area contributed by atoms with Gasteiger partial charge in [0, 0.05) is 33.2 Å². The minimum absolute atomic E-state index is 0.195. The van der Waals surface area contributed by atoms with Crippen molar-refractivity contribution in [1.29, 1.82) is 0 Å². The molecule has 1 aliphatic heterocycles. The third-order valence-electron chi connectivity index (χ3n) is 10.6. The van der Waals surface area contributed by atoms with Crippen molar-refractivity contribution >= 4 is 44.1 Å². The highest BCUT2D eigenvalue weighted by Crippen LogP contribution is 2.58. The molecule has 7 aromatic carbocycles. The number of hydrogen-bond donors (Lipinski definition) is 1. The second kappa shape index (κ2) is 10.9. The highest BCUT2D eigenvalue weighted by atomic mass is 15.2. The maximum Gasteiger partial charge on any atom is 0.159 e. The van der Waals surface area contributed by atoms with Crippen LogP contribution in [-0.4, -0.2) is 16.2 Å². The molecule has 50 heavy (non-hydrogen) atoms. The summed E-state index contributed by atoms with van der Waals surface area (Å²) in [6.45, 7) is 4.81. The van der Waals surface area contributed by atoms with E-state index >= 15 is 0 Å². The average molecular weight is 643 g/mol. The van der Waals surface area contributed by atoms with Crippen LogP contribution in [-0.2, 0) is 5.41 Å². The van der Waals surface area contributed by atoms with Crippen LogP contribution in [0.1, 0.15) is 47.8 Å². The van der Waals surface area contributed by atoms with E-state index in [1.807, 2.05) is 24.3 Å². The van der Waals surface area contributed by atoms with Crippen molar-refractivity contribution in [3.8, 4) is 16.9 Å². The number of hydrogen-bond acceptors (Lipinski definition) is 3. The molecule has 0 saturated heterocycles. The lowest BCUT2D eigenvalue weighted by Gasteiger charge is -2.24. The van der Waals surface area contributed by atoms with E-state index in [4.69, 9.17) is 9.98 Å². The van der Waals surface area contributed by atoms with Gasteiger partial charge in [0.15, 0.2) is 5.84 Å². The molecular formula is C46H34N4. The van der Waals surface area contributed by atoms with E-state index in [1.54, 1.807) is 0 Å². The summed E-state index contributed by atoms with van der Waals surface area (Å²) in [5, 5.41) is 10.2. The first-order valence-corrected chi connectivity index (χ1v) is 17.3. The molecule has 0 amide bonds. The van der Waals surface area contributed by atoms with Crippen molar-refractivity contribution in [1.82, 2.24) is 9.88 Å². The molecule has 1 unspecified atom stereocenters. The first-order chi connectivity index (χ1) is 24.6. The number of amidine groups is 2. The van der Waals surface area contributed by atoms with Gasteiger partial charge in [-0.2, -0.15) is 0 Å². The highest BCUT2D eigenvalue weighted by molar-refractivity contribution is 6.20. The lowest BCUT2D eigenvalue weighted by molar-refractivity contribution is 0.672. The van der Waals surface area contributed by atoms with Crippen molar-refractivity contribution in [2.45, 2.75) is 25.4 Å². The third kappa shape index (κ3) is 4.18. The molecule has 0 spiro atoms. The van der Waals surface area contributed by atoms with Gasteiger partial charge in [-0.05, 0) is 68.6 Å². The lowest BCUT2D eigenvalue weighted by atomic mass is 9.78. The van der Waals surface area contributed by atoms with E-state index in [2.05, 4.69) is 157 Å². The summed E-state index contributed by atoms with van der Waals surface area (Å²) >= 11 is 0. The number of aliphatic imine (C=N–C) groups is 2. The van der Waals surface area contributed by atoms with Crippen molar-refractivity contribution in [2.24, 2.45) is 9.98 Å². The molecule has 10 rings (SSSR count). The molecule has 0 fully saturated rings. The molecule has 8 aromatic rings. The molecule has 238 valence electrons. The van der Waals surface area contributed by atoms with Gasteiger partial charge < -0.3 is 9.88 Å². The monoisotopic (exact) mass is 642 g/mol. The molecule has 1 aromatic heterocycles. The highest BCUT2D eigenvalue weighted by Gasteiger charge is 2.43. The summed E-state index contributed by atoms with van der Waals surface area (Å²) in [5.74, 6) is 1.54. The Morgan fingerprint density at radius 1 is 0.540 bits per heavy atom. The Morgan fingerprint density at radius 2 is 1.12 bits per heavy atom. The summed E-state index contributed by atoms with van der Waals surface area (Å²) in [6.07, 6.45) is -0.239. The van der Waals surface area contributed by atoms with Crippen LogP contribution in [0.2, 0.25) is 0 Å². The number of para-hydroxylation sites is 1. The van der Waals surface area contributed by atoms with E-state index in [0.29, 0.717) is 0 Å². The van der Waals surface area contributed by atoms with E-state index in [9.17, 15) is 0 Å². The summed E-state index contributed by atoms with van der Waals surface area (Å²) < 4.78 is 2.49. The van der Waals surface area contributed by atoms with Crippen LogP contribution in [0.3, 0.4) is 0 Å². The van der Waals surface area contributed by atoms with Gasteiger partial charge in [-0.15, -0.1) is 0 Å². The van der Waals surface area contributed by atoms with Gasteiger partial charge in [-0.25, -0.2) is 9.98 Å². The smallest absolute Gasteiger partial charge is 0.159 e. The zero-order valence-electron chi connectivity index (χ0n) is 27.9. The summed E-state index contributed by atoms with van der Waals surface area (Å²) in [4.78, 5) is 10.1. The predicted molar refractivity (Wildman–Crippen MR) is 208 cm³/mol. The normalized spacial score (nSPS) is 16.2. The quantitative estimate of drug-likeness (QED) is 0.191. The zero-order chi connectivity index (χ0) is 33.4. The van der Waals surface area contributed by atoms with Crippen molar-refractivity contribution in [3.63, 3.8) is 0 Å². The van der Waals surface area contributed by atoms with Crippen molar-refractivity contribution < 1.29 is 0 Å². The Labute approximate surface area is 291 Å². The van der Waals surface area contributed by atoms with Crippen LogP contribution >= 0.6 is 0 Å². The maximum absolute atomic E-state index is 5.06. The van der Waals surface area contributed by atoms with Gasteiger partial charge in [-0.3, -0.25) is 0 Å². The zero-order valence-corrected chi connectivity index (χ0v) is 27.9. The Bertz CT molecular complexity index is 2680. The molecule has 0 radical (unpaired) electrons. The number of benzene rings is 7. The summed E-state index contributed by atoms with van der Waals surface area (Å²) in [7, 11) is 0. The largest absolute Gasteiger partial charge is 0.344 e. The minimum Gasteiger partial charge on any atom is -0.344 e. The molecule has 1 aliphatic carbocycles. The maximum atomic E-state index is 5.06. The second-order valence-corrected chi connectivity index (χ2v) is 13.8. The molecule has 1 N–H and O–H groups in total. The van der Waals surface area contributed by atoms with E-state index in [-0.39, 0.29) is 11.6 Å². The summed E-state index contributed by atoms with van der Waals surface area (Å²) in [6, 6.07) is 56.2. The Kier molecular flexibility index (Phi) is 6.25. The SMILES string of the molecule is CC1(C)c2c(c3ccccc3c3ccccc23)-c2c1c1ccccc1n2-c1ccc(C2=NC(c3ccccc3)=NC(c3ccccc3)N2)cc1. The van der Waals surface area contributed by atoms with Crippen LogP contribution < -0.4 is 5.32 Å². The van der Waals surface area contributed by atoms with Gasteiger partial charge in [0.05, 0.1) is 11.2 Å². The molecule has 1 atom stereocenters. The Balaban J connectivity index is 1.16. The van der Waals surface area contributed by atoms with Gasteiger partial charge >= 0.3 is 0 Å². The van der Waals surface area contributed by atoms with Gasteiger partial charge in [0.25, 0.3) is 0 Å². The number of rotatable bonds is 4. The average Bonchev–Trinajstić information content (AvgIpc) is 3.65. The van der Waals surface area contributed by atoms with Gasteiger partial charge in [0.1, 0.15) is 12.0 Å². The fourth-order valence-corrected chi connectivity index (χ4v) is 8.43. The Hall–Kier alpha value is -6.26. The number of nitrogens with one attached hydrogen (secondary N) is 1. The minimum atomic E-state index is -0.239. The third-order valence-corrected chi connectivity index (χ3v) is 10.6. The Morgan fingerprint density at radius 3 is 1.84 bits per heavy atom. The van der Waals surface area contributed by atoms with Crippen molar-refractivity contribution in [3.05, 3.63) is 186 Å². The van der Waals surface area contributed by atoms with Crippen LogP contribution in [0.5, 0.6) is 0 Å². The van der Waals surface area contributed by atoms with Crippen molar-refractivity contribution in [2.75, 3.05) is 0 Å². The molecule has 0 saturated carbocycles. The first kappa shape index (κ1) is 28.7. The number of nitrogens with zero attached hydrogens (tertiary/aromatic N) is 3. The van der Waals surface area contributed by atoms with Gasteiger partial charge in [0.2, 0.25) is 0 Å². The first-order valence-electron chi connectivity index (χ1n) is 17.3. The molecule has 4 heteroatoms. The van der Waals surface area contributed by atoms with Crippen LogP contribution in [0, 0.1) is 0 Å². The molecule has 4 nitrogen and oxygen atoms in total. The van der Waals surface area contributed by atoms with E-state index in [1.165, 1.54) is 54.8 Å². The van der Waals surface area contributed by atoms with Gasteiger partial charge in [-0.1, -0.05) is 141 Å². The predicted octanol–water partition coefficient (Wildman–Crippen LogP) is 10.7. The second-order valence-electron chi connectivity index (χ2n) is 13.8. The number of fused-ring (bicyclic) bond motifs is 10. The molecular weight excluding hydrogens is 609 g/mol. The lowest BCUT2D eigenvalue weighted by Crippen LogP contribution is -2.33. The van der Waals surface area contributed by atoms with Crippen LogP contribution in [0.15, 0.2) is 168 Å². The fourth-order valence-electron chi connectivity index (χ4n) is 8.43. The summed E-state index contributed by atoms with van der Waals surface area (Å²) in [5.41, 5.74) is 10.7. The topological polar surface area (TPSA) is 41.7 Å². The standard InChI is InChI=1S/C46H34N4/c1-46(2)40-36-22-12-10-20-34(36)33-19-9-11-21-35(33)39(40)42-41(46)37-23-13-14-24-38(37)50(42)32-27-25-31(26-28-32)45-48-43(29-15-5-3-6-16-29)47-44(49-45)30-17-7-4-8-18-30/h3-28,43H,1-2H3,(H,47,48,49). The number of aromatic nitrogens is 1. The van der Waals surface area contributed by atoms with Crippen LogP contribution in [0.4, 0.5) is 0 Å². The van der Waals surface area contributed by atoms with Crippen LogP contribution in [0.25, 0.3) is 49.4 Å². The molecule has 2 heterocycles. The fraction of sp³-hybridized carbons (Fsp3) is 0.0870. The molecule has 0 bridgehead atoms. The van der Waals surface area contributed by atoms with E-state index < -0.39 is 0 Å². The van der Waals surface area contributed by atoms with E-state index in [0.717, 1.165) is 34.0 Å².